The predicted octanol–water partition coefficient (Wildman–Crippen LogP) is 3.67. The molecule has 9 heteroatoms. The lowest BCUT2D eigenvalue weighted by Gasteiger charge is -2.11. The summed E-state index contributed by atoms with van der Waals surface area (Å²) in [6.45, 7) is 3.88. The number of aromatic nitrogens is 4. The molecule has 1 N–H and O–H groups in total. The van der Waals surface area contributed by atoms with Gasteiger partial charge < -0.3 is 10.1 Å². The summed E-state index contributed by atoms with van der Waals surface area (Å²) in [6, 6.07) is 11.1. The van der Waals surface area contributed by atoms with Crippen LogP contribution in [0.5, 0.6) is 5.75 Å². The maximum Gasteiger partial charge on any atom is 0.234 e. The van der Waals surface area contributed by atoms with Gasteiger partial charge in [0.1, 0.15) is 11.4 Å². The Balaban J connectivity index is 1.73. The van der Waals surface area contributed by atoms with Crippen LogP contribution in [0.1, 0.15) is 11.1 Å². The first-order valence-corrected chi connectivity index (χ1v) is 9.46. The maximum absolute atomic E-state index is 12.3. The van der Waals surface area contributed by atoms with Gasteiger partial charge in [-0.05, 0) is 59.7 Å². The monoisotopic (exact) mass is 403 g/mol. The van der Waals surface area contributed by atoms with E-state index >= 15 is 0 Å². The number of hydrogen-bond acceptors (Lipinski definition) is 6. The molecule has 1 heterocycles. The number of methoxy groups -OCH3 is 1. The van der Waals surface area contributed by atoms with Gasteiger partial charge in [-0.15, -0.1) is 5.10 Å². The lowest BCUT2D eigenvalue weighted by molar-refractivity contribution is -0.113. The first kappa shape index (κ1) is 19.2. The first-order chi connectivity index (χ1) is 13.0. The fourth-order valence-electron chi connectivity index (χ4n) is 2.43. The van der Waals surface area contributed by atoms with Gasteiger partial charge in [-0.25, -0.2) is 0 Å². The van der Waals surface area contributed by atoms with Crippen molar-refractivity contribution in [1.29, 1.82) is 0 Å². The van der Waals surface area contributed by atoms with Gasteiger partial charge in [0.25, 0.3) is 0 Å². The van der Waals surface area contributed by atoms with Crippen molar-refractivity contribution < 1.29 is 9.53 Å². The summed E-state index contributed by atoms with van der Waals surface area (Å²) < 4.78 is 6.95. The maximum atomic E-state index is 12.3. The number of carbonyl (C=O) groups is 1. The highest BCUT2D eigenvalue weighted by molar-refractivity contribution is 7.99. The van der Waals surface area contributed by atoms with Crippen molar-refractivity contribution in [2.24, 2.45) is 0 Å². The van der Waals surface area contributed by atoms with E-state index in [2.05, 4.69) is 20.8 Å². The van der Waals surface area contributed by atoms with Gasteiger partial charge in [0, 0.05) is 10.7 Å². The molecule has 0 unspecified atom stereocenters. The molecule has 0 aliphatic heterocycles. The largest absolute Gasteiger partial charge is 0.494 e. The molecule has 0 radical (unpaired) electrons. The second kappa shape index (κ2) is 8.41. The van der Waals surface area contributed by atoms with Crippen LogP contribution in [0.25, 0.3) is 5.69 Å². The molecule has 0 aliphatic carbocycles. The van der Waals surface area contributed by atoms with E-state index < -0.39 is 0 Å². The molecule has 1 aromatic heterocycles. The van der Waals surface area contributed by atoms with Gasteiger partial charge in [0.05, 0.1) is 12.9 Å². The minimum Gasteiger partial charge on any atom is -0.494 e. The third-order valence-corrected chi connectivity index (χ3v) is 4.96. The lowest BCUT2D eigenvalue weighted by atomic mass is 10.2. The Hall–Kier alpha value is -2.58. The second-order valence-electron chi connectivity index (χ2n) is 5.84. The van der Waals surface area contributed by atoms with Crippen LogP contribution in [-0.2, 0) is 4.79 Å². The second-order valence-corrected chi connectivity index (χ2v) is 7.22. The highest BCUT2D eigenvalue weighted by atomic mass is 35.5. The van der Waals surface area contributed by atoms with Crippen LogP contribution in [-0.4, -0.2) is 39.0 Å². The van der Waals surface area contributed by atoms with Crippen LogP contribution < -0.4 is 10.1 Å². The number of hydrogen-bond donors (Lipinski definition) is 1. The van der Waals surface area contributed by atoms with E-state index in [4.69, 9.17) is 16.3 Å². The predicted molar refractivity (Wildman–Crippen MR) is 106 cm³/mol. The molecule has 0 fully saturated rings. The lowest BCUT2D eigenvalue weighted by Crippen LogP contribution is -2.15. The van der Waals surface area contributed by atoms with Gasteiger partial charge >= 0.3 is 0 Å². The molecule has 7 nitrogen and oxygen atoms in total. The molecular weight excluding hydrogens is 386 g/mol. The summed E-state index contributed by atoms with van der Waals surface area (Å²) in [4.78, 5) is 12.3. The van der Waals surface area contributed by atoms with Crippen LogP contribution in [0.15, 0.2) is 41.6 Å². The van der Waals surface area contributed by atoms with E-state index in [1.807, 2.05) is 38.1 Å². The number of tetrazole rings is 1. The number of halogens is 1. The van der Waals surface area contributed by atoms with Crippen LogP contribution in [0.3, 0.4) is 0 Å². The topological polar surface area (TPSA) is 81.9 Å². The van der Waals surface area contributed by atoms with Gasteiger partial charge in [0.2, 0.25) is 11.1 Å². The van der Waals surface area contributed by atoms with Crippen LogP contribution in [0.4, 0.5) is 5.69 Å². The third-order valence-electron chi connectivity index (χ3n) is 3.81. The SMILES string of the molecule is COc1ccc(C)cc1-n1nnnc1SCC(=O)Nc1cc(Cl)ccc1C. The molecule has 0 aliphatic rings. The molecule has 0 atom stereocenters. The van der Waals surface area contributed by atoms with Gasteiger partial charge in [-0.3, -0.25) is 4.79 Å². The van der Waals surface area contributed by atoms with Crippen molar-refractivity contribution in [1.82, 2.24) is 20.2 Å². The fraction of sp³-hybridized carbons (Fsp3) is 0.222. The van der Waals surface area contributed by atoms with Crippen molar-refractivity contribution in [3.8, 4) is 11.4 Å². The van der Waals surface area contributed by atoms with E-state index in [1.54, 1.807) is 23.9 Å². The molecule has 0 saturated carbocycles. The Kier molecular flexibility index (Phi) is 5.98. The quantitative estimate of drug-likeness (QED) is 0.632. The number of amides is 1. The number of anilines is 1. The van der Waals surface area contributed by atoms with Crippen molar-refractivity contribution in [3.63, 3.8) is 0 Å². The Morgan fingerprint density at radius 2 is 2.07 bits per heavy atom. The smallest absolute Gasteiger partial charge is 0.234 e. The first-order valence-electron chi connectivity index (χ1n) is 8.10. The zero-order valence-corrected chi connectivity index (χ0v) is 16.6. The van der Waals surface area contributed by atoms with E-state index in [-0.39, 0.29) is 11.7 Å². The Labute approximate surface area is 166 Å². The summed E-state index contributed by atoms with van der Waals surface area (Å²) in [5.74, 6) is 0.630. The molecule has 3 rings (SSSR count). The molecule has 140 valence electrons. The number of aryl methyl sites for hydroxylation is 2. The van der Waals surface area contributed by atoms with Crippen LogP contribution >= 0.6 is 23.4 Å². The molecule has 0 bridgehead atoms. The number of nitrogens with zero attached hydrogens (tertiary/aromatic N) is 4. The minimum absolute atomic E-state index is 0.153. The van der Waals surface area contributed by atoms with Crippen molar-refractivity contribution in [3.05, 3.63) is 52.5 Å². The summed E-state index contributed by atoms with van der Waals surface area (Å²) in [6.07, 6.45) is 0. The molecule has 3 aromatic rings. The van der Waals surface area contributed by atoms with E-state index in [0.29, 0.717) is 21.6 Å². The summed E-state index contributed by atoms with van der Waals surface area (Å²) in [7, 11) is 1.59. The highest BCUT2D eigenvalue weighted by Gasteiger charge is 2.15. The van der Waals surface area contributed by atoms with Crippen molar-refractivity contribution in [2.45, 2.75) is 19.0 Å². The van der Waals surface area contributed by atoms with Crippen LogP contribution in [0.2, 0.25) is 5.02 Å². The third kappa shape index (κ3) is 4.58. The van der Waals surface area contributed by atoms with Gasteiger partial charge in [0.15, 0.2) is 0 Å². The van der Waals surface area contributed by atoms with Gasteiger partial charge in [-0.1, -0.05) is 35.5 Å². The Morgan fingerprint density at radius 1 is 1.26 bits per heavy atom. The Morgan fingerprint density at radius 3 is 2.85 bits per heavy atom. The fourth-order valence-corrected chi connectivity index (χ4v) is 3.29. The average Bonchev–Trinajstić information content (AvgIpc) is 3.11. The molecular formula is C18H18ClN5O2S. The normalized spacial score (nSPS) is 10.7. The molecule has 0 saturated heterocycles. The number of carbonyl (C=O) groups excluding carboxylic acids is 1. The number of ether oxygens (including phenoxy) is 1. The number of benzene rings is 2. The summed E-state index contributed by atoms with van der Waals surface area (Å²) in [5.41, 5.74) is 3.39. The number of rotatable bonds is 6. The zero-order valence-electron chi connectivity index (χ0n) is 15.1. The summed E-state index contributed by atoms with van der Waals surface area (Å²) >= 11 is 7.23. The molecule has 2 aromatic carbocycles. The number of nitrogens with one attached hydrogen (secondary N) is 1. The molecule has 1 amide bonds. The summed E-state index contributed by atoms with van der Waals surface area (Å²) in [5, 5.41) is 15.7. The minimum atomic E-state index is -0.170. The average molecular weight is 404 g/mol. The highest BCUT2D eigenvalue weighted by Crippen LogP contribution is 2.27. The number of thioether (sulfide) groups is 1. The van der Waals surface area contributed by atoms with E-state index in [0.717, 1.165) is 16.8 Å². The molecule has 0 spiro atoms. The van der Waals surface area contributed by atoms with Crippen molar-refractivity contribution >= 4 is 35.0 Å². The molecule has 27 heavy (non-hydrogen) atoms. The zero-order chi connectivity index (χ0) is 19.4. The standard InChI is InChI=1S/C18H18ClN5O2S/c1-11-4-7-16(26-3)15(8-11)24-18(21-22-23-24)27-10-17(25)20-14-9-13(19)6-5-12(14)2/h4-9H,10H2,1-3H3,(H,20,25). The van der Waals surface area contributed by atoms with Gasteiger partial charge in [-0.2, -0.15) is 4.68 Å². The van der Waals surface area contributed by atoms with E-state index in [1.165, 1.54) is 11.8 Å². The Bertz CT molecular complexity index is 976. The van der Waals surface area contributed by atoms with Crippen LogP contribution in [0, 0.1) is 13.8 Å². The van der Waals surface area contributed by atoms with Crippen molar-refractivity contribution in [2.75, 3.05) is 18.2 Å². The van der Waals surface area contributed by atoms with E-state index in [9.17, 15) is 4.79 Å².